The van der Waals surface area contributed by atoms with Crippen LogP contribution in [0.2, 0.25) is 0 Å². The third-order valence-electron chi connectivity index (χ3n) is 4.26. The first-order chi connectivity index (χ1) is 8.01. The first-order valence-corrected chi connectivity index (χ1v) is 6.46. The van der Waals surface area contributed by atoms with Gasteiger partial charge in [0.2, 0.25) is 0 Å². The molecule has 1 aromatic rings. The highest BCUT2D eigenvalue weighted by molar-refractivity contribution is 5.38. The van der Waals surface area contributed by atoms with Crippen molar-refractivity contribution >= 4 is 0 Å². The van der Waals surface area contributed by atoms with Gasteiger partial charge in [0, 0.05) is 0 Å². The quantitative estimate of drug-likeness (QED) is 0.746. The molecule has 0 aliphatic heterocycles. The van der Waals surface area contributed by atoms with E-state index in [9.17, 15) is 5.11 Å². The molecule has 1 atom stereocenters. The standard InChI is InChI=1S/C16H22O/c1-12-8-10-13(11-9-12)16(2,3)14-6-4-5-7-15(14)17/h4-8,13,17H,9-11H2,1-3H3. The molecule has 1 aromatic carbocycles. The van der Waals surface area contributed by atoms with Crippen LogP contribution in [-0.2, 0) is 5.41 Å². The summed E-state index contributed by atoms with van der Waals surface area (Å²) in [6.07, 6.45) is 5.91. The smallest absolute Gasteiger partial charge is 0.119 e. The Hall–Kier alpha value is -1.24. The van der Waals surface area contributed by atoms with E-state index in [4.69, 9.17) is 0 Å². The number of allylic oxidation sites excluding steroid dienone is 2. The molecule has 0 heterocycles. The lowest BCUT2D eigenvalue weighted by molar-refractivity contribution is 0.282. The molecule has 0 radical (unpaired) electrons. The molecule has 1 aliphatic rings. The topological polar surface area (TPSA) is 20.2 Å². The Morgan fingerprint density at radius 2 is 1.94 bits per heavy atom. The van der Waals surface area contributed by atoms with Gasteiger partial charge in [0.25, 0.3) is 0 Å². The lowest BCUT2D eigenvalue weighted by Gasteiger charge is -2.37. The normalized spacial score (nSPS) is 21.1. The number of phenolic OH excluding ortho intramolecular Hbond substituents is 1. The summed E-state index contributed by atoms with van der Waals surface area (Å²) in [5.41, 5.74) is 2.63. The van der Waals surface area contributed by atoms with Gasteiger partial charge in [0.15, 0.2) is 0 Å². The monoisotopic (exact) mass is 230 g/mol. The number of benzene rings is 1. The summed E-state index contributed by atoms with van der Waals surface area (Å²) >= 11 is 0. The summed E-state index contributed by atoms with van der Waals surface area (Å²) in [4.78, 5) is 0. The van der Waals surface area contributed by atoms with Crippen LogP contribution in [0, 0.1) is 5.92 Å². The zero-order chi connectivity index (χ0) is 12.5. The van der Waals surface area contributed by atoms with E-state index in [-0.39, 0.29) is 5.41 Å². The molecule has 1 heteroatoms. The van der Waals surface area contributed by atoms with Gasteiger partial charge >= 0.3 is 0 Å². The highest BCUT2D eigenvalue weighted by Crippen LogP contribution is 2.42. The van der Waals surface area contributed by atoms with Crippen molar-refractivity contribution in [3.63, 3.8) is 0 Å². The van der Waals surface area contributed by atoms with Crippen molar-refractivity contribution in [1.82, 2.24) is 0 Å². The molecule has 0 amide bonds. The molecule has 0 aromatic heterocycles. The Kier molecular flexibility index (Phi) is 3.28. The van der Waals surface area contributed by atoms with E-state index in [2.05, 4.69) is 32.9 Å². The van der Waals surface area contributed by atoms with Crippen molar-refractivity contribution in [2.45, 2.75) is 45.4 Å². The van der Waals surface area contributed by atoms with Gasteiger partial charge in [-0.3, -0.25) is 0 Å². The Balaban J connectivity index is 2.28. The average Bonchev–Trinajstić information content (AvgIpc) is 2.30. The van der Waals surface area contributed by atoms with Gasteiger partial charge in [-0.05, 0) is 49.1 Å². The summed E-state index contributed by atoms with van der Waals surface area (Å²) in [5, 5.41) is 10.0. The SMILES string of the molecule is CC1=CCC(C(C)(C)c2ccccc2O)CC1. The molecule has 92 valence electrons. The number of rotatable bonds is 2. The van der Waals surface area contributed by atoms with Crippen LogP contribution in [0.15, 0.2) is 35.9 Å². The Bertz CT molecular complexity index is 429. The molecule has 2 rings (SSSR count). The van der Waals surface area contributed by atoms with Gasteiger partial charge in [-0.25, -0.2) is 0 Å². The van der Waals surface area contributed by atoms with Crippen molar-refractivity contribution in [2.24, 2.45) is 5.92 Å². The molecule has 0 saturated heterocycles. The fourth-order valence-corrected chi connectivity index (χ4v) is 2.86. The highest BCUT2D eigenvalue weighted by Gasteiger charge is 2.33. The summed E-state index contributed by atoms with van der Waals surface area (Å²) in [7, 11) is 0. The van der Waals surface area contributed by atoms with Crippen molar-refractivity contribution in [3.8, 4) is 5.75 Å². The highest BCUT2D eigenvalue weighted by atomic mass is 16.3. The van der Waals surface area contributed by atoms with Crippen LogP contribution < -0.4 is 0 Å². The van der Waals surface area contributed by atoms with Crippen LogP contribution in [0.25, 0.3) is 0 Å². The second-order valence-corrected chi connectivity index (χ2v) is 5.76. The maximum atomic E-state index is 10.0. The number of phenols is 1. The minimum Gasteiger partial charge on any atom is -0.508 e. The predicted molar refractivity (Wildman–Crippen MR) is 72.2 cm³/mol. The number of para-hydroxylation sites is 1. The second-order valence-electron chi connectivity index (χ2n) is 5.76. The number of hydrogen-bond acceptors (Lipinski definition) is 1. The summed E-state index contributed by atoms with van der Waals surface area (Å²) in [6, 6.07) is 7.75. The largest absolute Gasteiger partial charge is 0.508 e. The third-order valence-corrected chi connectivity index (χ3v) is 4.26. The van der Waals surface area contributed by atoms with E-state index in [1.807, 2.05) is 12.1 Å². The van der Waals surface area contributed by atoms with Crippen LogP contribution in [0.4, 0.5) is 0 Å². The maximum absolute atomic E-state index is 10.0. The predicted octanol–water partition coefficient (Wildman–Crippen LogP) is 4.42. The van der Waals surface area contributed by atoms with Crippen molar-refractivity contribution in [2.75, 3.05) is 0 Å². The lowest BCUT2D eigenvalue weighted by atomic mass is 9.68. The zero-order valence-corrected chi connectivity index (χ0v) is 11.0. The number of aromatic hydroxyl groups is 1. The van der Waals surface area contributed by atoms with E-state index in [0.717, 1.165) is 12.0 Å². The molecule has 1 unspecified atom stereocenters. The third kappa shape index (κ3) is 2.38. The van der Waals surface area contributed by atoms with Crippen LogP contribution in [-0.4, -0.2) is 5.11 Å². The summed E-state index contributed by atoms with van der Waals surface area (Å²) in [5.74, 6) is 1.06. The molecule has 1 nitrogen and oxygen atoms in total. The van der Waals surface area contributed by atoms with Crippen LogP contribution >= 0.6 is 0 Å². The first-order valence-electron chi connectivity index (χ1n) is 6.46. The van der Waals surface area contributed by atoms with Crippen molar-refractivity contribution in [1.29, 1.82) is 0 Å². The van der Waals surface area contributed by atoms with Gasteiger partial charge in [-0.1, -0.05) is 43.7 Å². The van der Waals surface area contributed by atoms with Crippen molar-refractivity contribution < 1.29 is 5.11 Å². The number of hydrogen-bond donors (Lipinski definition) is 1. The van der Waals surface area contributed by atoms with Crippen LogP contribution in [0.1, 0.15) is 45.6 Å². The molecular weight excluding hydrogens is 208 g/mol. The zero-order valence-electron chi connectivity index (χ0n) is 11.0. The Morgan fingerprint density at radius 3 is 2.53 bits per heavy atom. The molecule has 0 saturated carbocycles. The van der Waals surface area contributed by atoms with Crippen LogP contribution in [0.3, 0.4) is 0 Å². The first kappa shape index (κ1) is 12.2. The van der Waals surface area contributed by atoms with Gasteiger partial charge in [-0.2, -0.15) is 0 Å². The second kappa shape index (κ2) is 4.56. The molecule has 1 aliphatic carbocycles. The van der Waals surface area contributed by atoms with E-state index in [1.54, 1.807) is 6.07 Å². The molecule has 0 fully saturated rings. The van der Waals surface area contributed by atoms with Gasteiger partial charge in [-0.15, -0.1) is 0 Å². The molecule has 0 spiro atoms. The fraction of sp³-hybridized carbons (Fsp3) is 0.500. The minimum absolute atomic E-state index is 0.0442. The molecule has 1 N–H and O–H groups in total. The van der Waals surface area contributed by atoms with E-state index >= 15 is 0 Å². The van der Waals surface area contributed by atoms with E-state index in [1.165, 1.54) is 18.4 Å². The average molecular weight is 230 g/mol. The Labute approximate surface area is 104 Å². The molecular formula is C16H22O. The van der Waals surface area contributed by atoms with Crippen LogP contribution in [0.5, 0.6) is 5.75 Å². The van der Waals surface area contributed by atoms with Gasteiger partial charge < -0.3 is 5.11 Å². The Morgan fingerprint density at radius 1 is 1.24 bits per heavy atom. The molecule has 17 heavy (non-hydrogen) atoms. The lowest BCUT2D eigenvalue weighted by Crippen LogP contribution is -2.29. The van der Waals surface area contributed by atoms with Gasteiger partial charge in [0.05, 0.1) is 0 Å². The molecule has 0 bridgehead atoms. The summed E-state index contributed by atoms with van der Waals surface area (Å²) in [6.45, 7) is 6.71. The fourth-order valence-electron chi connectivity index (χ4n) is 2.86. The van der Waals surface area contributed by atoms with E-state index in [0.29, 0.717) is 11.7 Å². The minimum atomic E-state index is 0.0442. The van der Waals surface area contributed by atoms with Crippen molar-refractivity contribution in [3.05, 3.63) is 41.5 Å². The van der Waals surface area contributed by atoms with E-state index < -0.39 is 0 Å². The summed E-state index contributed by atoms with van der Waals surface area (Å²) < 4.78 is 0. The maximum Gasteiger partial charge on any atom is 0.119 e. The van der Waals surface area contributed by atoms with Gasteiger partial charge in [0.1, 0.15) is 5.75 Å².